The smallest absolute Gasteiger partial charge is 0.0612 e. The topological polar surface area (TPSA) is 20.2 Å². The van der Waals surface area contributed by atoms with Crippen molar-refractivity contribution in [3.8, 4) is 0 Å². The predicted octanol–water partition coefficient (Wildman–Crippen LogP) is 2.75. The standard InChI is InChI=1S/C10H20O/c1-4-10(2,3)8-6-5-7-9-11/h5,7,11H,4,6,8-9H2,1-3H3. The first-order chi connectivity index (χ1) is 5.12. The summed E-state index contributed by atoms with van der Waals surface area (Å²) in [5, 5.41) is 8.47. The molecule has 11 heavy (non-hydrogen) atoms. The number of rotatable bonds is 5. The van der Waals surface area contributed by atoms with Crippen LogP contribution < -0.4 is 0 Å². The minimum Gasteiger partial charge on any atom is -0.392 e. The fourth-order valence-electron chi connectivity index (χ4n) is 0.843. The van der Waals surface area contributed by atoms with Gasteiger partial charge in [0, 0.05) is 0 Å². The Hall–Kier alpha value is -0.300. The van der Waals surface area contributed by atoms with Crippen LogP contribution in [0, 0.1) is 5.41 Å². The molecule has 0 aromatic heterocycles. The Balaban J connectivity index is 3.45. The molecule has 0 aliphatic rings. The van der Waals surface area contributed by atoms with E-state index in [1.165, 1.54) is 12.8 Å². The van der Waals surface area contributed by atoms with Gasteiger partial charge in [-0.15, -0.1) is 0 Å². The van der Waals surface area contributed by atoms with Crippen molar-refractivity contribution in [3.05, 3.63) is 12.2 Å². The number of aliphatic hydroxyl groups is 1. The Morgan fingerprint density at radius 3 is 2.36 bits per heavy atom. The van der Waals surface area contributed by atoms with Crippen LogP contribution in [-0.2, 0) is 0 Å². The van der Waals surface area contributed by atoms with Gasteiger partial charge >= 0.3 is 0 Å². The summed E-state index contributed by atoms with van der Waals surface area (Å²) in [6.45, 7) is 6.95. The molecule has 0 fully saturated rings. The van der Waals surface area contributed by atoms with Gasteiger partial charge in [-0.3, -0.25) is 0 Å². The third-order valence-electron chi connectivity index (χ3n) is 2.22. The molecule has 66 valence electrons. The quantitative estimate of drug-likeness (QED) is 0.607. The van der Waals surface area contributed by atoms with E-state index in [1.807, 2.05) is 6.08 Å². The van der Waals surface area contributed by atoms with E-state index in [0.717, 1.165) is 6.42 Å². The van der Waals surface area contributed by atoms with Gasteiger partial charge in [-0.25, -0.2) is 0 Å². The van der Waals surface area contributed by atoms with Crippen molar-refractivity contribution in [2.75, 3.05) is 6.61 Å². The third-order valence-corrected chi connectivity index (χ3v) is 2.22. The van der Waals surface area contributed by atoms with Gasteiger partial charge < -0.3 is 5.11 Å². The van der Waals surface area contributed by atoms with E-state index in [1.54, 1.807) is 0 Å². The van der Waals surface area contributed by atoms with Gasteiger partial charge in [0.2, 0.25) is 0 Å². The lowest BCUT2D eigenvalue weighted by Gasteiger charge is -2.21. The Bertz CT molecular complexity index is 114. The maximum absolute atomic E-state index is 8.47. The second-order valence-corrected chi connectivity index (χ2v) is 3.71. The van der Waals surface area contributed by atoms with Crippen LogP contribution in [0.3, 0.4) is 0 Å². The van der Waals surface area contributed by atoms with E-state index in [0.29, 0.717) is 5.41 Å². The first-order valence-corrected chi connectivity index (χ1v) is 4.38. The summed E-state index contributed by atoms with van der Waals surface area (Å²) in [6.07, 6.45) is 7.38. The molecule has 0 aliphatic carbocycles. The largest absolute Gasteiger partial charge is 0.392 e. The second-order valence-electron chi connectivity index (χ2n) is 3.71. The highest BCUT2D eigenvalue weighted by Gasteiger charge is 2.12. The lowest BCUT2D eigenvalue weighted by Crippen LogP contribution is -2.08. The van der Waals surface area contributed by atoms with E-state index in [9.17, 15) is 0 Å². The Morgan fingerprint density at radius 2 is 1.91 bits per heavy atom. The van der Waals surface area contributed by atoms with E-state index in [2.05, 4.69) is 26.8 Å². The molecule has 0 saturated heterocycles. The van der Waals surface area contributed by atoms with Crippen molar-refractivity contribution in [1.82, 2.24) is 0 Å². The number of hydrogen-bond acceptors (Lipinski definition) is 1. The van der Waals surface area contributed by atoms with Gasteiger partial charge in [-0.05, 0) is 18.3 Å². The van der Waals surface area contributed by atoms with Crippen molar-refractivity contribution in [2.24, 2.45) is 5.41 Å². The van der Waals surface area contributed by atoms with Crippen molar-refractivity contribution >= 4 is 0 Å². The predicted molar refractivity (Wildman–Crippen MR) is 49.5 cm³/mol. The van der Waals surface area contributed by atoms with Crippen molar-refractivity contribution < 1.29 is 5.11 Å². The van der Waals surface area contributed by atoms with Crippen LogP contribution in [0.4, 0.5) is 0 Å². The zero-order valence-corrected chi connectivity index (χ0v) is 7.93. The molecule has 0 aromatic rings. The second kappa shape index (κ2) is 5.36. The average Bonchev–Trinajstić information content (AvgIpc) is 1.99. The van der Waals surface area contributed by atoms with Gasteiger partial charge in [0.15, 0.2) is 0 Å². The summed E-state index contributed by atoms with van der Waals surface area (Å²) in [5.41, 5.74) is 0.458. The molecule has 0 aliphatic heterocycles. The van der Waals surface area contributed by atoms with Crippen LogP contribution in [0.5, 0.6) is 0 Å². The first-order valence-electron chi connectivity index (χ1n) is 4.38. The molecule has 1 heteroatoms. The van der Waals surface area contributed by atoms with Crippen LogP contribution in [0.1, 0.15) is 40.0 Å². The SMILES string of the molecule is CCC(C)(C)CCC=CCO. The Morgan fingerprint density at radius 1 is 1.27 bits per heavy atom. The summed E-state index contributed by atoms with van der Waals surface area (Å²) in [5.74, 6) is 0. The summed E-state index contributed by atoms with van der Waals surface area (Å²) in [4.78, 5) is 0. The number of aliphatic hydroxyl groups excluding tert-OH is 1. The fraction of sp³-hybridized carbons (Fsp3) is 0.800. The lowest BCUT2D eigenvalue weighted by atomic mass is 9.85. The maximum Gasteiger partial charge on any atom is 0.0612 e. The van der Waals surface area contributed by atoms with Crippen LogP contribution in [0.2, 0.25) is 0 Å². The molecule has 0 saturated carbocycles. The fourth-order valence-corrected chi connectivity index (χ4v) is 0.843. The molecule has 0 unspecified atom stereocenters. The minimum atomic E-state index is 0.173. The minimum absolute atomic E-state index is 0.173. The molecule has 0 heterocycles. The molecule has 0 amide bonds. The maximum atomic E-state index is 8.47. The van der Waals surface area contributed by atoms with E-state index < -0.39 is 0 Å². The van der Waals surface area contributed by atoms with Crippen molar-refractivity contribution in [3.63, 3.8) is 0 Å². The highest BCUT2D eigenvalue weighted by Crippen LogP contribution is 2.25. The highest BCUT2D eigenvalue weighted by molar-refractivity contribution is 4.82. The molecule has 0 rings (SSSR count). The van der Waals surface area contributed by atoms with E-state index in [-0.39, 0.29) is 6.61 Å². The lowest BCUT2D eigenvalue weighted by molar-refractivity contribution is 0.322. The van der Waals surface area contributed by atoms with Crippen LogP contribution in [-0.4, -0.2) is 11.7 Å². The van der Waals surface area contributed by atoms with Crippen molar-refractivity contribution in [1.29, 1.82) is 0 Å². The summed E-state index contributed by atoms with van der Waals surface area (Å²) in [6, 6.07) is 0. The number of allylic oxidation sites excluding steroid dienone is 1. The zero-order valence-electron chi connectivity index (χ0n) is 7.93. The monoisotopic (exact) mass is 156 g/mol. The molecule has 0 bridgehead atoms. The molecule has 0 spiro atoms. The Labute approximate surface area is 70.1 Å². The molecule has 0 atom stereocenters. The first kappa shape index (κ1) is 10.7. The average molecular weight is 156 g/mol. The van der Waals surface area contributed by atoms with Gasteiger partial charge in [-0.1, -0.05) is 39.3 Å². The van der Waals surface area contributed by atoms with Crippen LogP contribution in [0.15, 0.2) is 12.2 Å². The van der Waals surface area contributed by atoms with Crippen molar-refractivity contribution in [2.45, 2.75) is 40.0 Å². The van der Waals surface area contributed by atoms with Crippen LogP contribution in [0.25, 0.3) is 0 Å². The highest BCUT2D eigenvalue weighted by atomic mass is 16.2. The number of hydrogen-bond donors (Lipinski definition) is 1. The van der Waals surface area contributed by atoms with Gasteiger partial charge in [-0.2, -0.15) is 0 Å². The van der Waals surface area contributed by atoms with Gasteiger partial charge in [0.05, 0.1) is 6.61 Å². The molecule has 0 aromatic carbocycles. The third kappa shape index (κ3) is 6.11. The summed E-state index contributed by atoms with van der Waals surface area (Å²) >= 11 is 0. The van der Waals surface area contributed by atoms with E-state index >= 15 is 0 Å². The molecule has 1 N–H and O–H groups in total. The molecular weight excluding hydrogens is 136 g/mol. The van der Waals surface area contributed by atoms with Gasteiger partial charge in [0.25, 0.3) is 0 Å². The normalized spacial score (nSPS) is 12.7. The van der Waals surface area contributed by atoms with Gasteiger partial charge in [0.1, 0.15) is 0 Å². The Kier molecular flexibility index (Phi) is 5.22. The molecule has 0 radical (unpaired) electrons. The molecular formula is C10H20O. The summed E-state index contributed by atoms with van der Waals surface area (Å²) < 4.78 is 0. The van der Waals surface area contributed by atoms with Crippen LogP contribution >= 0.6 is 0 Å². The summed E-state index contributed by atoms with van der Waals surface area (Å²) in [7, 11) is 0. The van der Waals surface area contributed by atoms with E-state index in [4.69, 9.17) is 5.11 Å². The zero-order chi connectivity index (χ0) is 8.74. The molecule has 1 nitrogen and oxygen atoms in total.